The summed E-state index contributed by atoms with van der Waals surface area (Å²) in [7, 11) is 1.64. The summed E-state index contributed by atoms with van der Waals surface area (Å²) in [6.07, 6.45) is -1.29. The van der Waals surface area contributed by atoms with Crippen LogP contribution in [-0.4, -0.2) is 35.6 Å². The van der Waals surface area contributed by atoms with E-state index in [0.717, 1.165) is 16.2 Å². The number of benzene rings is 2. The molecule has 0 spiro atoms. The number of hydrogen-bond donors (Lipinski definition) is 0. The van der Waals surface area contributed by atoms with Crippen LogP contribution in [0.15, 0.2) is 60.7 Å². The van der Waals surface area contributed by atoms with E-state index in [1.54, 1.807) is 7.05 Å². The van der Waals surface area contributed by atoms with Gasteiger partial charge in [-0.3, -0.25) is 9.63 Å². The fourth-order valence-electron chi connectivity index (χ4n) is 2.51. The summed E-state index contributed by atoms with van der Waals surface area (Å²) < 4.78 is 5.33. The summed E-state index contributed by atoms with van der Waals surface area (Å²) in [5, 5.41) is 1.11. The Kier molecular flexibility index (Phi) is 4.77. The summed E-state index contributed by atoms with van der Waals surface area (Å²) >= 11 is 0. The van der Waals surface area contributed by atoms with Gasteiger partial charge in [-0.05, 0) is 11.1 Å². The lowest BCUT2D eigenvalue weighted by molar-refractivity contribution is -0.227. The van der Waals surface area contributed by atoms with Crippen LogP contribution in [0, 0.1) is 0 Å². The molecule has 1 aliphatic rings. The number of hydroxylamine groups is 2. The molecule has 2 aromatic rings. The monoisotopic (exact) mass is 326 g/mol. The molecule has 3 rings (SSSR count). The summed E-state index contributed by atoms with van der Waals surface area (Å²) in [6, 6.07) is 18.6. The van der Waals surface area contributed by atoms with Gasteiger partial charge in [-0.2, -0.15) is 5.06 Å². The molecule has 1 unspecified atom stereocenters. The van der Waals surface area contributed by atoms with Crippen molar-refractivity contribution in [3.8, 4) is 0 Å². The van der Waals surface area contributed by atoms with Crippen LogP contribution in [0.3, 0.4) is 0 Å². The molecule has 1 heterocycles. The second-order valence-electron chi connectivity index (χ2n) is 5.43. The van der Waals surface area contributed by atoms with Crippen LogP contribution in [-0.2, 0) is 21.0 Å². The fourth-order valence-corrected chi connectivity index (χ4v) is 2.51. The van der Waals surface area contributed by atoms with E-state index in [-0.39, 0.29) is 19.1 Å². The molecule has 24 heavy (non-hydrogen) atoms. The Morgan fingerprint density at radius 1 is 1.12 bits per heavy atom. The van der Waals surface area contributed by atoms with Gasteiger partial charge in [0.15, 0.2) is 12.8 Å². The normalized spacial score (nSPS) is 17.7. The SMILES string of the molecule is CN1C(=O)CON(C(=O)OCc2ccccc2)C1c1ccccc1. The van der Waals surface area contributed by atoms with Crippen LogP contribution < -0.4 is 0 Å². The van der Waals surface area contributed by atoms with E-state index in [4.69, 9.17) is 9.57 Å². The first-order chi connectivity index (χ1) is 11.7. The standard InChI is InChI=1S/C18H18N2O4/c1-19-16(21)13-24-20(17(19)15-10-6-3-7-11-15)18(22)23-12-14-8-4-2-5-9-14/h2-11,17H,12-13H2,1H3. The number of hydrogen-bond acceptors (Lipinski definition) is 4. The average Bonchev–Trinajstić information content (AvgIpc) is 2.63. The molecule has 0 aromatic heterocycles. The van der Waals surface area contributed by atoms with Crippen molar-refractivity contribution in [2.45, 2.75) is 12.8 Å². The van der Waals surface area contributed by atoms with E-state index < -0.39 is 12.3 Å². The van der Waals surface area contributed by atoms with E-state index >= 15 is 0 Å². The van der Waals surface area contributed by atoms with Crippen LogP contribution in [0.5, 0.6) is 0 Å². The van der Waals surface area contributed by atoms with Gasteiger partial charge in [0.25, 0.3) is 5.91 Å². The number of nitrogens with zero attached hydrogens (tertiary/aromatic N) is 2. The number of likely N-dealkylation sites (N-methyl/N-ethyl adjacent to an activating group) is 1. The largest absolute Gasteiger partial charge is 0.443 e. The van der Waals surface area contributed by atoms with Gasteiger partial charge < -0.3 is 9.64 Å². The zero-order valence-corrected chi connectivity index (χ0v) is 13.3. The first kappa shape index (κ1) is 16.0. The Labute approximate surface area is 140 Å². The van der Waals surface area contributed by atoms with Crippen molar-refractivity contribution in [3.05, 3.63) is 71.8 Å². The van der Waals surface area contributed by atoms with Crippen LogP contribution in [0.2, 0.25) is 0 Å². The minimum Gasteiger partial charge on any atom is -0.443 e. The zero-order chi connectivity index (χ0) is 16.9. The molecule has 1 atom stereocenters. The van der Waals surface area contributed by atoms with Gasteiger partial charge in [0, 0.05) is 7.05 Å². The number of rotatable bonds is 3. The summed E-state index contributed by atoms with van der Waals surface area (Å²) in [6.45, 7) is -0.0566. The average molecular weight is 326 g/mol. The van der Waals surface area contributed by atoms with Gasteiger partial charge in [-0.1, -0.05) is 60.7 Å². The lowest BCUT2D eigenvalue weighted by Gasteiger charge is -2.39. The molecule has 124 valence electrons. The van der Waals surface area contributed by atoms with E-state index in [1.165, 1.54) is 4.90 Å². The van der Waals surface area contributed by atoms with Gasteiger partial charge >= 0.3 is 6.09 Å². The van der Waals surface area contributed by atoms with Crippen LogP contribution in [0.1, 0.15) is 17.3 Å². The predicted octanol–water partition coefficient (Wildman–Crippen LogP) is 2.73. The third-order valence-electron chi connectivity index (χ3n) is 3.79. The first-order valence-corrected chi connectivity index (χ1v) is 7.60. The molecular weight excluding hydrogens is 308 g/mol. The Morgan fingerprint density at radius 2 is 1.75 bits per heavy atom. The van der Waals surface area contributed by atoms with Crippen molar-refractivity contribution in [1.29, 1.82) is 0 Å². The number of carbonyl (C=O) groups is 2. The number of ether oxygens (including phenoxy) is 1. The summed E-state index contributed by atoms with van der Waals surface area (Å²) in [5.74, 6) is -0.198. The highest BCUT2D eigenvalue weighted by Gasteiger charge is 2.38. The van der Waals surface area contributed by atoms with E-state index in [1.807, 2.05) is 60.7 Å². The Hall–Kier alpha value is -2.86. The van der Waals surface area contributed by atoms with Crippen molar-refractivity contribution in [2.75, 3.05) is 13.7 Å². The Balaban J connectivity index is 1.76. The smallest absolute Gasteiger partial charge is 0.436 e. The second kappa shape index (κ2) is 7.14. The van der Waals surface area contributed by atoms with Crippen LogP contribution in [0.25, 0.3) is 0 Å². The molecule has 0 radical (unpaired) electrons. The van der Waals surface area contributed by atoms with Crippen molar-refractivity contribution in [3.63, 3.8) is 0 Å². The molecule has 6 nitrogen and oxygen atoms in total. The molecule has 2 aromatic carbocycles. The molecule has 0 saturated carbocycles. The zero-order valence-electron chi connectivity index (χ0n) is 13.3. The van der Waals surface area contributed by atoms with Crippen molar-refractivity contribution in [1.82, 2.24) is 9.96 Å². The molecule has 1 saturated heterocycles. The van der Waals surface area contributed by atoms with Crippen molar-refractivity contribution in [2.24, 2.45) is 0 Å². The predicted molar refractivity (Wildman–Crippen MR) is 86.4 cm³/mol. The molecule has 0 N–H and O–H groups in total. The highest BCUT2D eigenvalue weighted by molar-refractivity contribution is 5.79. The molecule has 6 heteroatoms. The molecule has 0 aliphatic carbocycles. The third kappa shape index (κ3) is 3.38. The second-order valence-corrected chi connectivity index (χ2v) is 5.43. The summed E-state index contributed by atoms with van der Waals surface area (Å²) in [4.78, 5) is 31.2. The van der Waals surface area contributed by atoms with Crippen molar-refractivity contribution < 1.29 is 19.2 Å². The third-order valence-corrected chi connectivity index (χ3v) is 3.79. The first-order valence-electron chi connectivity index (χ1n) is 7.60. The van der Waals surface area contributed by atoms with Gasteiger partial charge in [0.1, 0.15) is 6.61 Å². The summed E-state index contributed by atoms with van der Waals surface area (Å²) in [5.41, 5.74) is 1.65. The number of carbonyl (C=O) groups excluding carboxylic acids is 2. The van der Waals surface area contributed by atoms with Gasteiger partial charge in [-0.25, -0.2) is 4.79 Å². The van der Waals surface area contributed by atoms with Crippen LogP contribution in [0.4, 0.5) is 4.79 Å². The quantitative estimate of drug-likeness (QED) is 0.870. The van der Waals surface area contributed by atoms with Gasteiger partial charge in [0.05, 0.1) is 0 Å². The molecule has 2 amide bonds. The molecule has 1 fully saturated rings. The Morgan fingerprint density at radius 3 is 2.42 bits per heavy atom. The topological polar surface area (TPSA) is 59.1 Å². The molecular formula is C18H18N2O4. The maximum atomic E-state index is 12.4. The minimum absolute atomic E-state index is 0.138. The lowest BCUT2D eigenvalue weighted by Crippen LogP contribution is -2.52. The van der Waals surface area contributed by atoms with E-state index in [9.17, 15) is 9.59 Å². The fraction of sp³-hybridized carbons (Fsp3) is 0.222. The van der Waals surface area contributed by atoms with Gasteiger partial charge in [0.2, 0.25) is 0 Å². The highest BCUT2D eigenvalue weighted by Crippen LogP contribution is 2.28. The molecule has 1 aliphatic heterocycles. The number of amides is 2. The lowest BCUT2D eigenvalue weighted by atomic mass is 10.1. The highest BCUT2D eigenvalue weighted by atomic mass is 16.7. The van der Waals surface area contributed by atoms with E-state index in [2.05, 4.69) is 0 Å². The molecule has 0 bridgehead atoms. The minimum atomic E-state index is -0.657. The van der Waals surface area contributed by atoms with Gasteiger partial charge in [-0.15, -0.1) is 0 Å². The maximum Gasteiger partial charge on any atom is 0.436 e. The maximum absolute atomic E-state index is 12.4. The Bertz CT molecular complexity index is 705. The van der Waals surface area contributed by atoms with E-state index in [0.29, 0.717) is 0 Å². The van der Waals surface area contributed by atoms with Crippen molar-refractivity contribution >= 4 is 12.0 Å². The van der Waals surface area contributed by atoms with Crippen LogP contribution >= 0.6 is 0 Å².